The summed E-state index contributed by atoms with van der Waals surface area (Å²) in [6.45, 7) is 3.74. The second-order valence-electron chi connectivity index (χ2n) is 4.79. The minimum absolute atomic E-state index is 0.103. The van der Waals surface area contributed by atoms with E-state index in [1.807, 2.05) is 18.2 Å². The summed E-state index contributed by atoms with van der Waals surface area (Å²) in [5.74, 6) is 0. The smallest absolute Gasteiger partial charge is 0.404 e. The molecule has 1 heterocycles. The fourth-order valence-electron chi connectivity index (χ4n) is 2.72. The van der Waals surface area contributed by atoms with Gasteiger partial charge >= 0.3 is 6.09 Å². The summed E-state index contributed by atoms with van der Waals surface area (Å²) < 4.78 is 5.07. The minimum Gasteiger partial charge on any atom is -0.445 e. The molecule has 1 saturated heterocycles. The van der Waals surface area contributed by atoms with Crippen molar-refractivity contribution in [1.82, 2.24) is 4.90 Å². The first kappa shape index (κ1) is 14.2. The van der Waals surface area contributed by atoms with Crippen molar-refractivity contribution in [2.24, 2.45) is 5.73 Å². The van der Waals surface area contributed by atoms with E-state index in [2.05, 4.69) is 17.9 Å². The molecule has 0 aliphatic carbocycles. The number of amides is 1. The summed E-state index contributed by atoms with van der Waals surface area (Å²) in [6, 6.07) is 8.15. The molecule has 2 N–H and O–H groups in total. The van der Waals surface area contributed by atoms with Crippen molar-refractivity contribution in [3.05, 3.63) is 34.9 Å². The molecule has 0 bridgehead atoms. The number of carbonyl (C=O) groups excluding carboxylic acids is 1. The first-order chi connectivity index (χ1) is 9.11. The molecule has 0 spiro atoms. The number of nitrogens with two attached hydrogens (primary N) is 1. The van der Waals surface area contributed by atoms with Crippen molar-refractivity contribution in [2.45, 2.75) is 31.9 Å². The number of hydrogen-bond acceptors (Lipinski definition) is 3. The van der Waals surface area contributed by atoms with Gasteiger partial charge in [-0.2, -0.15) is 0 Å². The maximum Gasteiger partial charge on any atom is 0.404 e. The van der Waals surface area contributed by atoms with E-state index in [4.69, 9.17) is 22.1 Å². The zero-order chi connectivity index (χ0) is 13.8. The van der Waals surface area contributed by atoms with Gasteiger partial charge in [-0.15, -0.1) is 0 Å². The zero-order valence-electron chi connectivity index (χ0n) is 11.0. The van der Waals surface area contributed by atoms with E-state index >= 15 is 0 Å². The highest BCUT2D eigenvalue weighted by atomic mass is 35.5. The van der Waals surface area contributed by atoms with Crippen molar-refractivity contribution >= 4 is 17.7 Å². The standard InChI is InChI=1S/C14H19ClN2O2/c1-2-13(11-5-3-4-6-12(11)15)17-8-7-10(9-17)19-14(16)18/h3-6,10,13H,2,7-9H2,1H3,(H2,16,18)/t10-,13-/m0/s1. The van der Waals surface area contributed by atoms with Gasteiger partial charge in [-0.05, 0) is 24.5 Å². The Morgan fingerprint density at radius 3 is 2.95 bits per heavy atom. The lowest BCUT2D eigenvalue weighted by atomic mass is 10.0. The Morgan fingerprint density at radius 2 is 2.32 bits per heavy atom. The van der Waals surface area contributed by atoms with Crippen LogP contribution in [0, 0.1) is 0 Å². The molecule has 4 nitrogen and oxygen atoms in total. The molecular weight excluding hydrogens is 264 g/mol. The fourth-order valence-corrected chi connectivity index (χ4v) is 2.98. The predicted octanol–water partition coefficient (Wildman–Crippen LogP) is 2.96. The number of rotatable bonds is 4. The molecule has 2 atom stereocenters. The van der Waals surface area contributed by atoms with Gasteiger partial charge in [-0.1, -0.05) is 36.7 Å². The maximum absolute atomic E-state index is 10.8. The van der Waals surface area contributed by atoms with E-state index in [9.17, 15) is 4.79 Å². The lowest BCUT2D eigenvalue weighted by Crippen LogP contribution is -2.30. The molecule has 2 rings (SSSR count). The first-order valence-corrected chi connectivity index (χ1v) is 6.94. The molecule has 0 radical (unpaired) electrons. The van der Waals surface area contributed by atoms with Gasteiger partial charge in [0, 0.05) is 24.2 Å². The van der Waals surface area contributed by atoms with Gasteiger partial charge in [-0.25, -0.2) is 4.79 Å². The zero-order valence-corrected chi connectivity index (χ0v) is 11.8. The maximum atomic E-state index is 10.8. The van der Waals surface area contributed by atoms with Crippen molar-refractivity contribution in [3.63, 3.8) is 0 Å². The van der Waals surface area contributed by atoms with Crippen LogP contribution in [0.3, 0.4) is 0 Å². The largest absolute Gasteiger partial charge is 0.445 e. The van der Waals surface area contributed by atoms with Crippen LogP contribution >= 0.6 is 11.6 Å². The van der Waals surface area contributed by atoms with Gasteiger partial charge in [0.05, 0.1) is 0 Å². The minimum atomic E-state index is -0.697. The number of ether oxygens (including phenoxy) is 1. The van der Waals surface area contributed by atoms with E-state index in [1.54, 1.807) is 0 Å². The van der Waals surface area contributed by atoms with Gasteiger partial charge in [0.25, 0.3) is 0 Å². The molecule has 0 unspecified atom stereocenters. The SMILES string of the molecule is CC[C@@H](c1ccccc1Cl)N1CC[C@H](OC(N)=O)C1. The number of benzene rings is 1. The van der Waals surface area contributed by atoms with Crippen molar-refractivity contribution in [3.8, 4) is 0 Å². The molecule has 1 amide bonds. The van der Waals surface area contributed by atoms with Crippen LogP contribution < -0.4 is 5.73 Å². The number of likely N-dealkylation sites (tertiary alicyclic amines) is 1. The Hall–Kier alpha value is -1.26. The molecule has 19 heavy (non-hydrogen) atoms. The third-order valence-corrected chi connectivity index (χ3v) is 3.90. The summed E-state index contributed by atoms with van der Waals surface area (Å²) in [5.41, 5.74) is 6.19. The molecule has 5 heteroatoms. The van der Waals surface area contributed by atoms with Gasteiger partial charge in [0.2, 0.25) is 0 Å². The van der Waals surface area contributed by atoms with E-state index in [1.165, 1.54) is 0 Å². The summed E-state index contributed by atoms with van der Waals surface area (Å²) >= 11 is 6.26. The van der Waals surface area contributed by atoms with Crippen molar-refractivity contribution < 1.29 is 9.53 Å². The molecule has 0 aromatic heterocycles. The van der Waals surface area contributed by atoms with Crippen LogP contribution in [-0.4, -0.2) is 30.2 Å². The molecule has 1 aromatic rings. The average Bonchev–Trinajstić information content (AvgIpc) is 2.80. The Kier molecular flexibility index (Phi) is 4.66. The van der Waals surface area contributed by atoms with Gasteiger partial charge < -0.3 is 10.5 Å². The highest BCUT2D eigenvalue weighted by Gasteiger charge is 2.30. The Bertz CT molecular complexity index is 453. The quantitative estimate of drug-likeness (QED) is 0.924. The van der Waals surface area contributed by atoms with Gasteiger partial charge in [0.15, 0.2) is 0 Å². The number of carbonyl (C=O) groups is 1. The molecule has 104 valence electrons. The second kappa shape index (κ2) is 6.26. The van der Waals surface area contributed by atoms with Crippen LogP contribution in [0.5, 0.6) is 0 Å². The molecule has 0 saturated carbocycles. The second-order valence-corrected chi connectivity index (χ2v) is 5.20. The molecule has 1 aromatic carbocycles. The highest BCUT2D eigenvalue weighted by molar-refractivity contribution is 6.31. The fraction of sp³-hybridized carbons (Fsp3) is 0.500. The van der Waals surface area contributed by atoms with Crippen LogP contribution in [0.2, 0.25) is 5.02 Å². The summed E-state index contributed by atoms with van der Waals surface area (Å²) in [6.07, 6.45) is 0.989. The Balaban J connectivity index is 2.08. The molecular formula is C14H19ClN2O2. The third kappa shape index (κ3) is 3.39. The summed E-state index contributed by atoms with van der Waals surface area (Å²) in [4.78, 5) is 13.1. The Labute approximate surface area is 118 Å². The summed E-state index contributed by atoms with van der Waals surface area (Å²) in [7, 11) is 0. The predicted molar refractivity (Wildman–Crippen MR) is 75.1 cm³/mol. The highest BCUT2D eigenvalue weighted by Crippen LogP contribution is 2.32. The third-order valence-electron chi connectivity index (χ3n) is 3.55. The van der Waals surface area contributed by atoms with Crippen LogP contribution in [0.1, 0.15) is 31.4 Å². The van der Waals surface area contributed by atoms with E-state index in [0.717, 1.165) is 30.0 Å². The van der Waals surface area contributed by atoms with Gasteiger partial charge in [-0.3, -0.25) is 4.90 Å². The lowest BCUT2D eigenvalue weighted by Gasteiger charge is -2.27. The van der Waals surface area contributed by atoms with E-state index < -0.39 is 6.09 Å². The number of nitrogens with zero attached hydrogens (tertiary/aromatic N) is 1. The van der Waals surface area contributed by atoms with E-state index in [0.29, 0.717) is 6.54 Å². The Morgan fingerprint density at radius 1 is 1.58 bits per heavy atom. The van der Waals surface area contributed by atoms with E-state index in [-0.39, 0.29) is 12.1 Å². The average molecular weight is 283 g/mol. The molecule has 1 aliphatic rings. The van der Waals surface area contributed by atoms with Crippen LogP contribution in [0.25, 0.3) is 0 Å². The van der Waals surface area contributed by atoms with Crippen molar-refractivity contribution in [2.75, 3.05) is 13.1 Å². The van der Waals surface area contributed by atoms with Gasteiger partial charge in [0.1, 0.15) is 6.10 Å². The monoisotopic (exact) mass is 282 g/mol. The number of halogens is 1. The summed E-state index contributed by atoms with van der Waals surface area (Å²) in [5, 5.41) is 0.786. The molecule has 1 aliphatic heterocycles. The number of primary amides is 1. The van der Waals surface area contributed by atoms with Crippen LogP contribution in [0.4, 0.5) is 4.79 Å². The van der Waals surface area contributed by atoms with Crippen molar-refractivity contribution in [1.29, 1.82) is 0 Å². The normalized spacial score (nSPS) is 21.3. The lowest BCUT2D eigenvalue weighted by molar-refractivity contribution is 0.104. The van der Waals surface area contributed by atoms with Crippen LogP contribution in [0.15, 0.2) is 24.3 Å². The topological polar surface area (TPSA) is 55.6 Å². The van der Waals surface area contributed by atoms with Crippen LogP contribution in [-0.2, 0) is 4.74 Å². The number of hydrogen-bond donors (Lipinski definition) is 1. The molecule has 1 fully saturated rings. The first-order valence-electron chi connectivity index (χ1n) is 6.56.